The largest absolute Gasteiger partial charge is 0.348 e. The van der Waals surface area contributed by atoms with Crippen LogP contribution < -0.4 is 0 Å². The van der Waals surface area contributed by atoms with E-state index in [1.807, 2.05) is 13.8 Å². The summed E-state index contributed by atoms with van der Waals surface area (Å²) in [5, 5.41) is 0. The van der Waals surface area contributed by atoms with Gasteiger partial charge in [0.15, 0.2) is 5.79 Å². The van der Waals surface area contributed by atoms with Crippen molar-refractivity contribution in [3.63, 3.8) is 0 Å². The van der Waals surface area contributed by atoms with Gasteiger partial charge < -0.3 is 9.47 Å². The highest BCUT2D eigenvalue weighted by molar-refractivity contribution is 5.10. The lowest BCUT2D eigenvalue weighted by atomic mass is 10.2. The van der Waals surface area contributed by atoms with E-state index in [1.165, 1.54) is 0 Å². The minimum Gasteiger partial charge on any atom is -0.348 e. The van der Waals surface area contributed by atoms with Crippen molar-refractivity contribution in [2.45, 2.75) is 32.2 Å². The zero-order chi connectivity index (χ0) is 8.77. The van der Waals surface area contributed by atoms with Gasteiger partial charge in [-0.25, -0.2) is 0 Å². The van der Waals surface area contributed by atoms with Gasteiger partial charge in [0.2, 0.25) is 0 Å². The van der Waals surface area contributed by atoms with E-state index in [2.05, 4.69) is 5.92 Å². The predicted octanol–water partition coefficient (Wildman–Crippen LogP) is 1.41. The molecule has 0 amide bonds. The molecule has 0 bridgehead atoms. The summed E-state index contributed by atoms with van der Waals surface area (Å²) in [6.07, 6.45) is 6.66. The van der Waals surface area contributed by atoms with E-state index in [1.54, 1.807) is 0 Å². The van der Waals surface area contributed by atoms with Crippen LogP contribution in [-0.2, 0) is 9.47 Å². The maximum atomic E-state index is 5.69. The molecule has 2 aliphatic rings. The average Bonchev–Trinajstić information content (AvgIpc) is 2.70. The molecule has 0 aromatic rings. The lowest BCUT2D eigenvalue weighted by molar-refractivity contribution is -0.140. The third-order valence-electron chi connectivity index (χ3n) is 2.56. The zero-order valence-electron chi connectivity index (χ0n) is 7.54. The van der Waals surface area contributed by atoms with Gasteiger partial charge >= 0.3 is 0 Å². The highest BCUT2D eigenvalue weighted by Crippen LogP contribution is 2.45. The lowest BCUT2D eigenvalue weighted by Crippen LogP contribution is -2.22. The number of terminal acetylenes is 1. The van der Waals surface area contributed by atoms with Crippen molar-refractivity contribution in [3.05, 3.63) is 0 Å². The van der Waals surface area contributed by atoms with E-state index in [-0.39, 0.29) is 6.10 Å². The first-order chi connectivity index (χ1) is 5.62. The van der Waals surface area contributed by atoms with E-state index in [0.717, 1.165) is 6.42 Å². The highest BCUT2D eigenvalue weighted by Gasteiger charge is 2.48. The lowest BCUT2D eigenvalue weighted by Gasteiger charge is -2.16. The van der Waals surface area contributed by atoms with Crippen LogP contribution in [0.15, 0.2) is 0 Å². The van der Waals surface area contributed by atoms with Crippen LogP contribution in [0.25, 0.3) is 0 Å². The van der Waals surface area contributed by atoms with E-state index in [0.29, 0.717) is 18.4 Å². The molecule has 66 valence electrons. The van der Waals surface area contributed by atoms with Crippen LogP contribution in [0.5, 0.6) is 0 Å². The Morgan fingerprint density at radius 2 is 2.25 bits per heavy atom. The molecule has 3 atom stereocenters. The molecule has 2 rings (SSSR count). The topological polar surface area (TPSA) is 18.5 Å². The van der Waals surface area contributed by atoms with Crippen LogP contribution in [0.1, 0.15) is 20.3 Å². The van der Waals surface area contributed by atoms with Crippen LogP contribution in [0.2, 0.25) is 0 Å². The molecule has 0 aromatic heterocycles. The van der Waals surface area contributed by atoms with Gasteiger partial charge in [-0.2, -0.15) is 0 Å². The molecule has 2 nitrogen and oxygen atoms in total. The molecule has 1 saturated heterocycles. The van der Waals surface area contributed by atoms with Crippen molar-refractivity contribution in [2.75, 3.05) is 6.61 Å². The Bertz CT molecular complexity index is 226. The fourth-order valence-corrected chi connectivity index (χ4v) is 1.74. The normalized spacial score (nSPS) is 43.9. The van der Waals surface area contributed by atoms with Gasteiger partial charge in [-0.3, -0.25) is 0 Å². The monoisotopic (exact) mass is 166 g/mol. The van der Waals surface area contributed by atoms with Gasteiger partial charge in [0.25, 0.3) is 0 Å². The van der Waals surface area contributed by atoms with Crippen LogP contribution in [0.3, 0.4) is 0 Å². The molecule has 0 aromatic carbocycles. The van der Waals surface area contributed by atoms with E-state index in [4.69, 9.17) is 15.9 Å². The number of hydrogen-bond acceptors (Lipinski definition) is 2. The quantitative estimate of drug-likeness (QED) is 0.548. The molecule has 1 saturated carbocycles. The van der Waals surface area contributed by atoms with Gasteiger partial charge in [-0.05, 0) is 20.3 Å². The molecule has 1 aliphatic heterocycles. The first-order valence-corrected chi connectivity index (χ1v) is 4.40. The zero-order valence-corrected chi connectivity index (χ0v) is 7.54. The molecular weight excluding hydrogens is 152 g/mol. The fourth-order valence-electron chi connectivity index (χ4n) is 1.74. The second-order valence-electron chi connectivity index (χ2n) is 4.04. The third-order valence-corrected chi connectivity index (χ3v) is 2.56. The first-order valence-electron chi connectivity index (χ1n) is 4.40. The van der Waals surface area contributed by atoms with Crippen LogP contribution >= 0.6 is 0 Å². The molecule has 0 unspecified atom stereocenters. The van der Waals surface area contributed by atoms with E-state index >= 15 is 0 Å². The Labute approximate surface area is 73.2 Å². The van der Waals surface area contributed by atoms with E-state index < -0.39 is 5.79 Å². The SMILES string of the molecule is C#C[C@@H]1C[C@H]1[C@H]1COC(C)(C)O1. The van der Waals surface area contributed by atoms with E-state index in [9.17, 15) is 0 Å². The third kappa shape index (κ3) is 1.35. The Balaban J connectivity index is 1.90. The molecule has 0 spiro atoms. The maximum Gasteiger partial charge on any atom is 0.163 e. The summed E-state index contributed by atoms with van der Waals surface area (Å²) in [4.78, 5) is 0. The van der Waals surface area contributed by atoms with Crippen molar-refractivity contribution < 1.29 is 9.47 Å². The van der Waals surface area contributed by atoms with Crippen molar-refractivity contribution in [3.8, 4) is 12.3 Å². The van der Waals surface area contributed by atoms with Gasteiger partial charge in [0.1, 0.15) is 0 Å². The number of hydrogen-bond donors (Lipinski definition) is 0. The molecular formula is C10H14O2. The highest BCUT2D eigenvalue weighted by atomic mass is 16.7. The fraction of sp³-hybridized carbons (Fsp3) is 0.800. The molecule has 2 heteroatoms. The van der Waals surface area contributed by atoms with Crippen molar-refractivity contribution in [1.29, 1.82) is 0 Å². The second kappa shape index (κ2) is 2.48. The van der Waals surface area contributed by atoms with Crippen molar-refractivity contribution in [2.24, 2.45) is 11.8 Å². The van der Waals surface area contributed by atoms with Crippen LogP contribution in [-0.4, -0.2) is 18.5 Å². The van der Waals surface area contributed by atoms with Gasteiger partial charge in [0.05, 0.1) is 12.7 Å². The van der Waals surface area contributed by atoms with Gasteiger partial charge in [0, 0.05) is 11.8 Å². The smallest absolute Gasteiger partial charge is 0.163 e. The molecule has 12 heavy (non-hydrogen) atoms. The second-order valence-corrected chi connectivity index (χ2v) is 4.04. The summed E-state index contributed by atoms with van der Waals surface area (Å²) in [5.74, 6) is 3.35. The summed E-state index contributed by atoms with van der Waals surface area (Å²) in [7, 11) is 0. The molecule has 1 heterocycles. The molecule has 1 aliphatic carbocycles. The Morgan fingerprint density at radius 3 is 2.67 bits per heavy atom. The minimum absolute atomic E-state index is 0.237. The first kappa shape index (κ1) is 8.10. The molecule has 0 radical (unpaired) electrons. The number of rotatable bonds is 1. The molecule has 0 N–H and O–H groups in total. The standard InChI is InChI=1S/C10H14O2/c1-4-7-5-8(7)9-6-11-10(2,3)12-9/h1,7-9H,5-6H2,2-3H3/t7-,8-,9-/m1/s1. The summed E-state index contributed by atoms with van der Waals surface area (Å²) in [6.45, 7) is 4.59. The Hall–Kier alpha value is -0.520. The van der Waals surface area contributed by atoms with Crippen molar-refractivity contribution in [1.82, 2.24) is 0 Å². The average molecular weight is 166 g/mol. The number of ether oxygens (including phenoxy) is 2. The summed E-state index contributed by atoms with van der Waals surface area (Å²) in [6, 6.07) is 0. The Kier molecular flexibility index (Phi) is 1.67. The predicted molar refractivity (Wildman–Crippen MR) is 45.3 cm³/mol. The van der Waals surface area contributed by atoms with Gasteiger partial charge in [-0.15, -0.1) is 12.3 Å². The summed E-state index contributed by atoms with van der Waals surface area (Å²) in [5.41, 5.74) is 0. The maximum absolute atomic E-state index is 5.69. The Morgan fingerprint density at radius 1 is 1.50 bits per heavy atom. The van der Waals surface area contributed by atoms with Crippen molar-refractivity contribution >= 4 is 0 Å². The van der Waals surface area contributed by atoms with Gasteiger partial charge in [-0.1, -0.05) is 0 Å². The summed E-state index contributed by atoms with van der Waals surface area (Å²) >= 11 is 0. The van der Waals surface area contributed by atoms with Crippen LogP contribution in [0.4, 0.5) is 0 Å². The van der Waals surface area contributed by atoms with Crippen LogP contribution in [0, 0.1) is 24.2 Å². The summed E-state index contributed by atoms with van der Waals surface area (Å²) < 4.78 is 11.1. The minimum atomic E-state index is -0.396. The molecule has 2 fully saturated rings.